The Morgan fingerprint density at radius 2 is 2.03 bits per heavy atom. The summed E-state index contributed by atoms with van der Waals surface area (Å²) >= 11 is 2.16. The minimum Gasteiger partial charge on any atom is -0.460 e. The van der Waals surface area contributed by atoms with E-state index in [1.165, 1.54) is 18.9 Å². The van der Waals surface area contributed by atoms with E-state index in [0.29, 0.717) is 10.7 Å². The van der Waals surface area contributed by atoms with Crippen LogP contribution < -0.4 is 11.1 Å². The number of hydrogen-bond acceptors (Lipinski definition) is 10. The van der Waals surface area contributed by atoms with E-state index in [0.717, 1.165) is 37.0 Å². The maximum Gasteiger partial charge on any atom is 0.341 e. The van der Waals surface area contributed by atoms with E-state index in [1.54, 1.807) is 11.6 Å². The fraction of sp³-hybridized carbons (Fsp3) is 0.556. The van der Waals surface area contributed by atoms with Gasteiger partial charge in [0.1, 0.15) is 11.6 Å². The molecule has 3 N–H and O–H groups in total. The van der Waals surface area contributed by atoms with Gasteiger partial charge in [0.05, 0.1) is 28.8 Å². The molecule has 1 fully saturated rings. The molecular formula is C18H24N6O5S2. The van der Waals surface area contributed by atoms with Crippen molar-refractivity contribution in [3.63, 3.8) is 0 Å². The molecule has 0 aromatic carbocycles. The van der Waals surface area contributed by atoms with Crippen molar-refractivity contribution in [2.24, 2.45) is 5.73 Å². The Labute approximate surface area is 187 Å². The molecule has 0 unspecified atom stereocenters. The van der Waals surface area contributed by atoms with Crippen LogP contribution in [0.3, 0.4) is 0 Å². The first-order chi connectivity index (χ1) is 14.9. The zero-order valence-corrected chi connectivity index (χ0v) is 18.9. The van der Waals surface area contributed by atoms with Crippen LogP contribution in [-0.2, 0) is 14.3 Å². The molecule has 1 saturated carbocycles. The first-order valence-corrected chi connectivity index (χ1v) is 11.5. The van der Waals surface area contributed by atoms with Crippen LogP contribution in [0.2, 0.25) is 0 Å². The predicted molar refractivity (Wildman–Crippen MR) is 114 cm³/mol. The van der Waals surface area contributed by atoms with Crippen molar-refractivity contribution in [2.45, 2.75) is 43.8 Å². The summed E-state index contributed by atoms with van der Waals surface area (Å²) in [5, 5.41) is 15.3. The minimum atomic E-state index is -0.681. The molecule has 31 heavy (non-hydrogen) atoms. The number of aromatic nitrogens is 4. The second-order valence-electron chi connectivity index (χ2n) is 6.93. The molecule has 2 amide bonds. The molecule has 168 valence electrons. The summed E-state index contributed by atoms with van der Waals surface area (Å²) in [6.45, 7) is 1.86. The standard InChI is InChI=1S/C18H24N6O5S2/c1-10-13(17(27)29-8-7-28-2)16(31-14(10)15(19)26)20-12(25)9-30-18-21-22-23-24(18)11-5-3-4-6-11/h11H,3-9H2,1-2H3,(H2,19,26)(H,20,25). The Hall–Kier alpha value is -2.51. The Balaban J connectivity index is 1.69. The Morgan fingerprint density at radius 1 is 1.29 bits per heavy atom. The summed E-state index contributed by atoms with van der Waals surface area (Å²) in [6, 6.07) is 0.257. The zero-order valence-electron chi connectivity index (χ0n) is 17.3. The molecule has 0 bridgehead atoms. The molecule has 2 heterocycles. The molecule has 11 nitrogen and oxygen atoms in total. The lowest BCUT2D eigenvalue weighted by atomic mass is 10.1. The van der Waals surface area contributed by atoms with Gasteiger partial charge in [0.2, 0.25) is 11.1 Å². The highest BCUT2D eigenvalue weighted by molar-refractivity contribution is 7.99. The molecule has 0 radical (unpaired) electrons. The van der Waals surface area contributed by atoms with Gasteiger partial charge in [-0.1, -0.05) is 24.6 Å². The van der Waals surface area contributed by atoms with Gasteiger partial charge in [0.25, 0.3) is 5.91 Å². The van der Waals surface area contributed by atoms with Crippen LogP contribution in [0.15, 0.2) is 5.16 Å². The van der Waals surface area contributed by atoms with Gasteiger partial charge >= 0.3 is 5.97 Å². The van der Waals surface area contributed by atoms with Crippen LogP contribution in [0.4, 0.5) is 5.00 Å². The highest BCUT2D eigenvalue weighted by atomic mass is 32.2. The molecular weight excluding hydrogens is 444 g/mol. The molecule has 0 atom stereocenters. The lowest BCUT2D eigenvalue weighted by molar-refractivity contribution is -0.113. The van der Waals surface area contributed by atoms with Crippen LogP contribution in [-0.4, -0.2) is 64.1 Å². The van der Waals surface area contributed by atoms with E-state index >= 15 is 0 Å². The van der Waals surface area contributed by atoms with Gasteiger partial charge in [-0.05, 0) is 35.8 Å². The number of tetrazole rings is 1. The van der Waals surface area contributed by atoms with Crippen LogP contribution in [0.1, 0.15) is 57.3 Å². The van der Waals surface area contributed by atoms with Crippen molar-refractivity contribution in [2.75, 3.05) is 31.4 Å². The summed E-state index contributed by atoms with van der Waals surface area (Å²) in [5.41, 5.74) is 5.89. The third kappa shape index (κ3) is 5.60. The Morgan fingerprint density at radius 3 is 2.71 bits per heavy atom. The molecule has 13 heteroatoms. The number of rotatable bonds is 10. The van der Waals surface area contributed by atoms with Gasteiger partial charge in [-0.15, -0.1) is 16.4 Å². The van der Waals surface area contributed by atoms with E-state index in [9.17, 15) is 14.4 Å². The van der Waals surface area contributed by atoms with Gasteiger partial charge < -0.3 is 20.5 Å². The maximum atomic E-state index is 12.6. The number of nitrogens with zero attached hydrogens (tertiary/aromatic N) is 4. The summed E-state index contributed by atoms with van der Waals surface area (Å²) in [5.74, 6) is -1.67. The number of carbonyl (C=O) groups excluding carboxylic acids is 3. The number of carbonyl (C=O) groups is 3. The fourth-order valence-electron chi connectivity index (χ4n) is 3.32. The molecule has 2 aromatic rings. The van der Waals surface area contributed by atoms with Crippen molar-refractivity contribution in [3.8, 4) is 0 Å². The summed E-state index contributed by atoms with van der Waals surface area (Å²) in [6.07, 6.45) is 4.31. The predicted octanol–water partition coefficient (Wildman–Crippen LogP) is 1.79. The smallest absolute Gasteiger partial charge is 0.341 e. The Kier molecular flexibility index (Phi) is 7.98. The average Bonchev–Trinajstić information content (AvgIpc) is 3.46. The van der Waals surface area contributed by atoms with Crippen LogP contribution >= 0.6 is 23.1 Å². The zero-order chi connectivity index (χ0) is 22.4. The third-order valence-corrected chi connectivity index (χ3v) is 6.97. The van der Waals surface area contributed by atoms with Crippen molar-refractivity contribution in [1.29, 1.82) is 0 Å². The van der Waals surface area contributed by atoms with Gasteiger partial charge in [-0.2, -0.15) is 0 Å². The van der Waals surface area contributed by atoms with E-state index < -0.39 is 11.9 Å². The number of methoxy groups -OCH3 is 1. The second-order valence-corrected chi connectivity index (χ2v) is 8.90. The van der Waals surface area contributed by atoms with Crippen LogP contribution in [0.5, 0.6) is 0 Å². The summed E-state index contributed by atoms with van der Waals surface area (Å²) in [4.78, 5) is 37.0. The minimum absolute atomic E-state index is 0.0358. The number of nitrogens with one attached hydrogen (secondary N) is 1. The van der Waals surface area contributed by atoms with Gasteiger partial charge in [0.15, 0.2) is 0 Å². The van der Waals surface area contributed by atoms with E-state index in [4.69, 9.17) is 15.2 Å². The molecule has 1 aliphatic rings. The number of anilines is 1. The number of amides is 2. The first-order valence-electron chi connectivity index (χ1n) is 9.72. The number of hydrogen-bond donors (Lipinski definition) is 2. The van der Waals surface area contributed by atoms with Crippen molar-refractivity contribution in [1.82, 2.24) is 20.2 Å². The number of esters is 1. The number of primary amides is 1. The van der Waals surface area contributed by atoms with Crippen LogP contribution in [0.25, 0.3) is 0 Å². The lowest BCUT2D eigenvalue weighted by Crippen LogP contribution is -2.18. The fourth-order valence-corrected chi connectivity index (χ4v) is 5.13. The monoisotopic (exact) mass is 468 g/mol. The van der Waals surface area contributed by atoms with E-state index in [2.05, 4.69) is 20.8 Å². The first kappa shape index (κ1) is 23.2. The number of ether oxygens (including phenoxy) is 2. The van der Waals surface area contributed by atoms with Gasteiger partial charge in [0, 0.05) is 7.11 Å². The van der Waals surface area contributed by atoms with E-state index in [1.807, 2.05) is 0 Å². The number of thioether (sulfide) groups is 1. The highest BCUT2D eigenvalue weighted by Gasteiger charge is 2.26. The number of thiophene rings is 1. The molecule has 0 saturated heterocycles. The summed E-state index contributed by atoms with van der Waals surface area (Å²) < 4.78 is 11.8. The second kappa shape index (κ2) is 10.7. The summed E-state index contributed by atoms with van der Waals surface area (Å²) in [7, 11) is 1.49. The normalized spacial score (nSPS) is 14.0. The SMILES string of the molecule is COCCOC(=O)c1c(NC(=O)CSc2nnnn2C2CCCC2)sc(C(N)=O)c1C. The largest absolute Gasteiger partial charge is 0.460 e. The average molecular weight is 469 g/mol. The van der Waals surface area contributed by atoms with E-state index in [-0.39, 0.29) is 46.4 Å². The topological polar surface area (TPSA) is 151 Å². The molecule has 0 spiro atoms. The highest BCUT2D eigenvalue weighted by Crippen LogP contribution is 2.34. The van der Waals surface area contributed by atoms with Crippen LogP contribution in [0, 0.1) is 6.92 Å². The molecule has 1 aliphatic carbocycles. The quantitative estimate of drug-likeness (QED) is 0.302. The van der Waals surface area contributed by atoms with Crippen molar-refractivity contribution >= 4 is 45.9 Å². The lowest BCUT2D eigenvalue weighted by Gasteiger charge is -2.11. The van der Waals surface area contributed by atoms with Crippen molar-refractivity contribution < 1.29 is 23.9 Å². The van der Waals surface area contributed by atoms with Gasteiger partial charge in [-0.3, -0.25) is 9.59 Å². The molecule has 2 aromatic heterocycles. The molecule has 3 rings (SSSR count). The third-order valence-electron chi connectivity index (χ3n) is 4.81. The molecule has 0 aliphatic heterocycles. The van der Waals surface area contributed by atoms with Gasteiger partial charge in [-0.25, -0.2) is 9.48 Å². The van der Waals surface area contributed by atoms with Crippen molar-refractivity contribution in [3.05, 3.63) is 16.0 Å². The maximum absolute atomic E-state index is 12.6. The number of nitrogens with two attached hydrogens (primary N) is 1. The Bertz CT molecular complexity index is 953.